The van der Waals surface area contributed by atoms with Gasteiger partial charge in [-0.3, -0.25) is 0 Å². The number of anilines is 1. The summed E-state index contributed by atoms with van der Waals surface area (Å²) in [6, 6.07) is 6.92. The first-order valence-electron chi connectivity index (χ1n) is 6.76. The number of carbonyl (C=O) groups is 1. The third-order valence-electron chi connectivity index (χ3n) is 3.61. The van der Waals surface area contributed by atoms with Crippen LogP contribution in [0.1, 0.15) is 12.8 Å². The molecule has 1 spiro atoms. The Kier molecular flexibility index (Phi) is 3.83. The molecule has 2 aliphatic rings. The zero-order valence-corrected chi connectivity index (χ0v) is 11.9. The smallest absolute Gasteiger partial charge is 0.322 e. The van der Waals surface area contributed by atoms with E-state index in [2.05, 4.69) is 5.32 Å². The number of benzene rings is 1. The lowest BCUT2D eigenvalue weighted by Crippen LogP contribution is -2.52. The van der Waals surface area contributed by atoms with Gasteiger partial charge < -0.3 is 19.7 Å². The van der Waals surface area contributed by atoms with Crippen LogP contribution in [0, 0.1) is 0 Å². The number of piperidine rings is 1. The van der Waals surface area contributed by atoms with Crippen LogP contribution in [0.15, 0.2) is 24.3 Å². The highest BCUT2D eigenvalue weighted by molar-refractivity contribution is 6.30. The number of amides is 2. The summed E-state index contributed by atoms with van der Waals surface area (Å²) >= 11 is 5.82. The fourth-order valence-corrected chi connectivity index (χ4v) is 2.76. The van der Waals surface area contributed by atoms with Crippen LogP contribution in [0.2, 0.25) is 5.02 Å². The Labute approximate surface area is 122 Å². The number of likely N-dealkylation sites (tertiary alicyclic amines) is 1. The van der Waals surface area contributed by atoms with Crippen LogP contribution in [0.3, 0.4) is 0 Å². The molecule has 6 heteroatoms. The van der Waals surface area contributed by atoms with Crippen molar-refractivity contribution in [3.05, 3.63) is 29.3 Å². The summed E-state index contributed by atoms with van der Waals surface area (Å²) in [7, 11) is 0. The van der Waals surface area contributed by atoms with Crippen molar-refractivity contribution >= 4 is 23.3 Å². The van der Waals surface area contributed by atoms with Gasteiger partial charge in [0.2, 0.25) is 0 Å². The van der Waals surface area contributed by atoms with Crippen molar-refractivity contribution in [1.29, 1.82) is 0 Å². The van der Waals surface area contributed by atoms with Crippen LogP contribution in [0.5, 0.6) is 0 Å². The van der Waals surface area contributed by atoms with E-state index in [9.17, 15) is 4.79 Å². The van der Waals surface area contributed by atoms with Gasteiger partial charge >= 0.3 is 6.03 Å². The maximum Gasteiger partial charge on any atom is 0.322 e. The minimum atomic E-state index is -0.588. The standard InChI is InChI=1S/C14H17ClN2O3/c15-11-2-4-12(5-3-11)16-13(18)17-7-1-6-14(10-17)19-8-9-20-14/h2-5H,1,6-10H2,(H,16,18). The van der Waals surface area contributed by atoms with E-state index in [-0.39, 0.29) is 6.03 Å². The largest absolute Gasteiger partial charge is 0.346 e. The topological polar surface area (TPSA) is 50.8 Å². The Balaban J connectivity index is 1.63. The number of rotatable bonds is 1. The number of nitrogens with zero attached hydrogens (tertiary/aromatic N) is 1. The zero-order valence-electron chi connectivity index (χ0n) is 11.1. The maximum atomic E-state index is 12.3. The molecule has 2 amide bonds. The quantitative estimate of drug-likeness (QED) is 0.867. The van der Waals surface area contributed by atoms with Crippen LogP contribution >= 0.6 is 11.6 Å². The van der Waals surface area contributed by atoms with E-state index in [4.69, 9.17) is 21.1 Å². The molecule has 1 N–H and O–H groups in total. The van der Waals surface area contributed by atoms with Crippen molar-refractivity contribution in [2.24, 2.45) is 0 Å². The van der Waals surface area contributed by atoms with Crippen molar-refractivity contribution in [3.63, 3.8) is 0 Å². The number of nitrogens with one attached hydrogen (secondary N) is 1. The van der Waals surface area contributed by atoms with Crippen LogP contribution in [-0.2, 0) is 9.47 Å². The summed E-state index contributed by atoms with van der Waals surface area (Å²) in [5, 5.41) is 3.51. The number of halogens is 1. The molecule has 5 nitrogen and oxygen atoms in total. The van der Waals surface area contributed by atoms with E-state index in [0.717, 1.165) is 18.5 Å². The van der Waals surface area contributed by atoms with Gasteiger partial charge in [-0.05, 0) is 30.7 Å². The molecular formula is C14H17ClN2O3. The minimum Gasteiger partial charge on any atom is -0.346 e. The number of hydrogen-bond donors (Lipinski definition) is 1. The summed E-state index contributed by atoms with van der Waals surface area (Å²) in [5.74, 6) is -0.588. The molecule has 20 heavy (non-hydrogen) atoms. The van der Waals surface area contributed by atoms with Gasteiger partial charge in [-0.25, -0.2) is 4.79 Å². The molecule has 1 aromatic rings. The predicted molar refractivity (Wildman–Crippen MR) is 75.9 cm³/mol. The van der Waals surface area contributed by atoms with Gasteiger partial charge in [0, 0.05) is 23.7 Å². The normalized spacial score (nSPS) is 21.1. The van der Waals surface area contributed by atoms with Gasteiger partial charge in [0.05, 0.1) is 19.8 Å². The lowest BCUT2D eigenvalue weighted by molar-refractivity contribution is -0.182. The number of carbonyl (C=O) groups excluding carboxylic acids is 1. The van der Waals surface area contributed by atoms with Crippen molar-refractivity contribution in [1.82, 2.24) is 4.90 Å². The maximum absolute atomic E-state index is 12.3. The van der Waals surface area contributed by atoms with Crippen LogP contribution in [0.25, 0.3) is 0 Å². The molecule has 0 bridgehead atoms. The summed E-state index contributed by atoms with van der Waals surface area (Å²) in [4.78, 5) is 14.0. The molecule has 108 valence electrons. The van der Waals surface area contributed by atoms with E-state index in [1.165, 1.54) is 0 Å². The van der Waals surface area contributed by atoms with Gasteiger partial charge in [-0.15, -0.1) is 0 Å². The molecule has 1 aromatic carbocycles. The fourth-order valence-electron chi connectivity index (χ4n) is 2.63. The van der Waals surface area contributed by atoms with Crippen molar-refractivity contribution in [2.45, 2.75) is 18.6 Å². The van der Waals surface area contributed by atoms with Crippen molar-refractivity contribution < 1.29 is 14.3 Å². The Morgan fingerprint density at radius 1 is 1.25 bits per heavy atom. The van der Waals surface area contributed by atoms with E-state index in [0.29, 0.717) is 31.3 Å². The molecule has 0 radical (unpaired) electrons. The number of hydrogen-bond acceptors (Lipinski definition) is 3. The van der Waals surface area contributed by atoms with Crippen molar-refractivity contribution in [2.75, 3.05) is 31.6 Å². The highest BCUT2D eigenvalue weighted by atomic mass is 35.5. The summed E-state index contributed by atoms with van der Waals surface area (Å²) in [6.45, 7) is 2.40. The van der Waals surface area contributed by atoms with E-state index in [1.54, 1.807) is 29.2 Å². The molecule has 0 aliphatic carbocycles. The van der Waals surface area contributed by atoms with Gasteiger partial charge in [0.25, 0.3) is 0 Å². The van der Waals surface area contributed by atoms with Gasteiger partial charge in [-0.1, -0.05) is 11.6 Å². The number of ether oxygens (including phenoxy) is 2. The van der Waals surface area contributed by atoms with Crippen LogP contribution in [-0.4, -0.2) is 43.0 Å². The Hall–Kier alpha value is -1.30. The SMILES string of the molecule is O=C(Nc1ccc(Cl)cc1)N1CCCC2(C1)OCCO2. The van der Waals surface area contributed by atoms with E-state index < -0.39 is 5.79 Å². The van der Waals surface area contributed by atoms with Gasteiger partial charge in [-0.2, -0.15) is 0 Å². The Morgan fingerprint density at radius 2 is 1.95 bits per heavy atom. The fraction of sp³-hybridized carbons (Fsp3) is 0.500. The molecule has 0 aromatic heterocycles. The second kappa shape index (κ2) is 5.60. The first-order chi connectivity index (χ1) is 9.67. The minimum absolute atomic E-state index is 0.134. The molecule has 0 unspecified atom stereocenters. The molecule has 0 atom stereocenters. The summed E-state index contributed by atoms with van der Waals surface area (Å²) < 4.78 is 11.3. The van der Waals surface area contributed by atoms with Crippen LogP contribution in [0.4, 0.5) is 10.5 Å². The Morgan fingerprint density at radius 3 is 2.65 bits per heavy atom. The van der Waals surface area contributed by atoms with Gasteiger partial charge in [0.15, 0.2) is 5.79 Å². The molecule has 2 aliphatic heterocycles. The predicted octanol–water partition coefficient (Wildman–Crippen LogP) is 2.71. The third-order valence-corrected chi connectivity index (χ3v) is 3.87. The van der Waals surface area contributed by atoms with Gasteiger partial charge in [0.1, 0.15) is 0 Å². The first-order valence-corrected chi connectivity index (χ1v) is 7.14. The first kappa shape index (κ1) is 13.7. The van der Waals surface area contributed by atoms with Crippen LogP contribution < -0.4 is 5.32 Å². The molecular weight excluding hydrogens is 280 g/mol. The average molecular weight is 297 g/mol. The zero-order chi connectivity index (χ0) is 14.0. The lowest BCUT2D eigenvalue weighted by atomic mass is 10.1. The Bertz CT molecular complexity index is 486. The summed E-state index contributed by atoms with van der Waals surface area (Å²) in [6.07, 6.45) is 1.73. The average Bonchev–Trinajstić information content (AvgIpc) is 2.89. The molecule has 2 heterocycles. The number of urea groups is 1. The highest BCUT2D eigenvalue weighted by Gasteiger charge is 2.42. The molecule has 2 saturated heterocycles. The van der Waals surface area contributed by atoms with E-state index in [1.807, 2.05) is 0 Å². The second-order valence-electron chi connectivity index (χ2n) is 5.07. The molecule has 2 fully saturated rings. The third kappa shape index (κ3) is 2.90. The summed E-state index contributed by atoms with van der Waals surface area (Å²) in [5.41, 5.74) is 0.729. The molecule has 0 saturated carbocycles. The monoisotopic (exact) mass is 296 g/mol. The highest BCUT2D eigenvalue weighted by Crippen LogP contribution is 2.30. The second-order valence-corrected chi connectivity index (χ2v) is 5.51. The molecule has 3 rings (SSSR count). The van der Waals surface area contributed by atoms with E-state index >= 15 is 0 Å². The lowest BCUT2D eigenvalue weighted by Gasteiger charge is -2.38. The van der Waals surface area contributed by atoms with Crippen molar-refractivity contribution in [3.8, 4) is 0 Å².